The molecule has 0 aromatic carbocycles. The summed E-state index contributed by atoms with van der Waals surface area (Å²) in [6.07, 6.45) is 3.22. The second-order valence-electron chi connectivity index (χ2n) is 4.00. The van der Waals surface area contributed by atoms with E-state index in [0.717, 1.165) is 19.6 Å². The number of rotatable bonds is 9. The molecule has 0 amide bonds. The van der Waals surface area contributed by atoms with Crippen LogP contribution >= 0.6 is 0 Å². The highest BCUT2D eigenvalue weighted by Gasteiger charge is 2.14. The van der Waals surface area contributed by atoms with Crippen LogP contribution in [0.1, 0.15) is 33.1 Å². The van der Waals surface area contributed by atoms with Gasteiger partial charge in [0.1, 0.15) is 0 Å². The second-order valence-corrected chi connectivity index (χ2v) is 4.00. The normalized spacial score (nSPS) is 20.8. The Balaban J connectivity index is 1.98. The standard InChI is InChI=1S/C12H25NO3/c1-3-15-12(16-4-2)7-9-14-10-11-6-5-8-13-11/h11-13H,3-10H2,1-2H3. The first-order valence-electron chi connectivity index (χ1n) is 6.41. The van der Waals surface area contributed by atoms with E-state index in [0.29, 0.717) is 25.9 Å². The molecule has 0 aromatic heterocycles. The molecule has 0 aromatic rings. The molecule has 1 unspecified atom stereocenters. The predicted molar refractivity (Wildman–Crippen MR) is 63.5 cm³/mol. The lowest BCUT2D eigenvalue weighted by Gasteiger charge is -2.17. The summed E-state index contributed by atoms with van der Waals surface area (Å²) in [7, 11) is 0. The Morgan fingerprint density at radius 3 is 2.56 bits per heavy atom. The smallest absolute Gasteiger partial charge is 0.159 e. The number of nitrogens with one attached hydrogen (secondary N) is 1. The average Bonchev–Trinajstić information content (AvgIpc) is 2.78. The molecule has 1 saturated heterocycles. The number of hydrogen-bond donors (Lipinski definition) is 1. The first-order chi connectivity index (χ1) is 7.86. The fraction of sp³-hybridized carbons (Fsp3) is 1.00. The molecule has 0 saturated carbocycles. The van der Waals surface area contributed by atoms with Gasteiger partial charge in [0.2, 0.25) is 0 Å². The summed E-state index contributed by atoms with van der Waals surface area (Å²) < 4.78 is 16.5. The van der Waals surface area contributed by atoms with Crippen LogP contribution in [-0.4, -0.2) is 45.3 Å². The third kappa shape index (κ3) is 5.80. The SMILES string of the molecule is CCOC(CCOCC1CCCN1)OCC. The van der Waals surface area contributed by atoms with Gasteiger partial charge in [-0.25, -0.2) is 0 Å². The van der Waals surface area contributed by atoms with E-state index in [9.17, 15) is 0 Å². The lowest BCUT2D eigenvalue weighted by Crippen LogP contribution is -2.28. The third-order valence-electron chi connectivity index (χ3n) is 2.68. The van der Waals surface area contributed by atoms with Crippen molar-refractivity contribution in [3.63, 3.8) is 0 Å². The van der Waals surface area contributed by atoms with E-state index in [1.54, 1.807) is 0 Å². The molecule has 1 atom stereocenters. The van der Waals surface area contributed by atoms with Gasteiger partial charge in [-0.3, -0.25) is 0 Å². The van der Waals surface area contributed by atoms with E-state index in [4.69, 9.17) is 14.2 Å². The molecule has 16 heavy (non-hydrogen) atoms. The summed E-state index contributed by atoms with van der Waals surface area (Å²) in [6, 6.07) is 0.553. The maximum Gasteiger partial charge on any atom is 0.159 e. The van der Waals surface area contributed by atoms with Crippen LogP contribution in [0.5, 0.6) is 0 Å². The summed E-state index contributed by atoms with van der Waals surface area (Å²) in [5.41, 5.74) is 0. The minimum atomic E-state index is -0.105. The molecule has 1 rings (SSSR count). The van der Waals surface area contributed by atoms with Crippen molar-refractivity contribution in [2.45, 2.75) is 45.4 Å². The van der Waals surface area contributed by atoms with Crippen molar-refractivity contribution in [2.75, 3.05) is 33.0 Å². The average molecular weight is 231 g/mol. The molecule has 0 bridgehead atoms. The van der Waals surface area contributed by atoms with Crippen molar-refractivity contribution >= 4 is 0 Å². The molecule has 1 aliphatic heterocycles. The van der Waals surface area contributed by atoms with Gasteiger partial charge in [-0.15, -0.1) is 0 Å². The van der Waals surface area contributed by atoms with E-state index in [1.807, 2.05) is 13.8 Å². The second kappa shape index (κ2) is 8.93. The third-order valence-corrected chi connectivity index (χ3v) is 2.68. The Morgan fingerprint density at radius 2 is 2.00 bits per heavy atom. The minimum absolute atomic E-state index is 0.105. The highest BCUT2D eigenvalue weighted by molar-refractivity contribution is 4.73. The first-order valence-corrected chi connectivity index (χ1v) is 6.41. The van der Waals surface area contributed by atoms with Crippen molar-refractivity contribution in [2.24, 2.45) is 0 Å². The molecule has 0 spiro atoms. The summed E-state index contributed by atoms with van der Waals surface area (Å²) in [5.74, 6) is 0. The largest absolute Gasteiger partial charge is 0.380 e. The van der Waals surface area contributed by atoms with Crippen molar-refractivity contribution < 1.29 is 14.2 Å². The van der Waals surface area contributed by atoms with E-state index >= 15 is 0 Å². The summed E-state index contributed by atoms with van der Waals surface area (Å²) in [5, 5.41) is 3.41. The summed E-state index contributed by atoms with van der Waals surface area (Å²) >= 11 is 0. The van der Waals surface area contributed by atoms with Gasteiger partial charge in [0, 0.05) is 25.7 Å². The summed E-state index contributed by atoms with van der Waals surface area (Å²) in [4.78, 5) is 0. The molecule has 1 fully saturated rings. The van der Waals surface area contributed by atoms with Crippen molar-refractivity contribution in [3.8, 4) is 0 Å². The highest BCUT2D eigenvalue weighted by atomic mass is 16.7. The van der Waals surface area contributed by atoms with Gasteiger partial charge in [0.05, 0.1) is 13.2 Å². The molecule has 0 aliphatic carbocycles. The van der Waals surface area contributed by atoms with E-state index in [1.165, 1.54) is 12.8 Å². The van der Waals surface area contributed by atoms with Crippen LogP contribution in [0.15, 0.2) is 0 Å². The molecule has 1 N–H and O–H groups in total. The van der Waals surface area contributed by atoms with Crippen LogP contribution in [0, 0.1) is 0 Å². The monoisotopic (exact) mass is 231 g/mol. The van der Waals surface area contributed by atoms with Crippen molar-refractivity contribution in [1.82, 2.24) is 5.32 Å². The van der Waals surface area contributed by atoms with Crippen molar-refractivity contribution in [3.05, 3.63) is 0 Å². The molecule has 0 radical (unpaired) electrons. The Bertz CT molecular complexity index is 154. The maximum atomic E-state index is 5.62. The maximum absolute atomic E-state index is 5.62. The molecule has 1 heterocycles. The highest BCUT2D eigenvalue weighted by Crippen LogP contribution is 2.06. The Labute approximate surface area is 98.6 Å². The first kappa shape index (κ1) is 13.9. The quantitative estimate of drug-likeness (QED) is 0.483. The van der Waals surface area contributed by atoms with Crippen molar-refractivity contribution in [1.29, 1.82) is 0 Å². The van der Waals surface area contributed by atoms with Gasteiger partial charge in [-0.1, -0.05) is 0 Å². The fourth-order valence-electron chi connectivity index (χ4n) is 1.89. The predicted octanol–water partition coefficient (Wildman–Crippen LogP) is 1.54. The van der Waals surface area contributed by atoms with Gasteiger partial charge in [0.25, 0.3) is 0 Å². The topological polar surface area (TPSA) is 39.7 Å². The van der Waals surface area contributed by atoms with E-state index in [2.05, 4.69) is 5.32 Å². The Morgan fingerprint density at radius 1 is 1.25 bits per heavy atom. The Kier molecular flexibility index (Phi) is 7.76. The Hall–Kier alpha value is -0.160. The zero-order valence-electron chi connectivity index (χ0n) is 10.5. The van der Waals surface area contributed by atoms with E-state index in [-0.39, 0.29) is 6.29 Å². The van der Waals surface area contributed by atoms with Crippen LogP contribution in [0.3, 0.4) is 0 Å². The minimum Gasteiger partial charge on any atom is -0.380 e. The molecular weight excluding hydrogens is 206 g/mol. The molecule has 1 aliphatic rings. The lowest BCUT2D eigenvalue weighted by atomic mass is 10.2. The molecule has 96 valence electrons. The van der Waals surface area contributed by atoms with Gasteiger partial charge >= 0.3 is 0 Å². The van der Waals surface area contributed by atoms with Gasteiger partial charge in [-0.2, -0.15) is 0 Å². The summed E-state index contributed by atoms with van der Waals surface area (Å²) in [6.45, 7) is 8.00. The number of hydrogen-bond acceptors (Lipinski definition) is 4. The van der Waals surface area contributed by atoms with Gasteiger partial charge in [0.15, 0.2) is 6.29 Å². The molecule has 4 nitrogen and oxygen atoms in total. The van der Waals surface area contributed by atoms with Crippen LogP contribution < -0.4 is 5.32 Å². The number of ether oxygens (including phenoxy) is 3. The van der Waals surface area contributed by atoms with Crippen LogP contribution in [0.25, 0.3) is 0 Å². The molecular formula is C12H25NO3. The lowest BCUT2D eigenvalue weighted by molar-refractivity contribution is -0.146. The van der Waals surface area contributed by atoms with Crippen LogP contribution in [-0.2, 0) is 14.2 Å². The van der Waals surface area contributed by atoms with Gasteiger partial charge < -0.3 is 19.5 Å². The van der Waals surface area contributed by atoms with E-state index < -0.39 is 0 Å². The molecule has 4 heteroatoms. The fourth-order valence-corrected chi connectivity index (χ4v) is 1.89. The van der Waals surface area contributed by atoms with Gasteiger partial charge in [-0.05, 0) is 33.2 Å². The van der Waals surface area contributed by atoms with Crippen LogP contribution in [0.2, 0.25) is 0 Å². The zero-order valence-corrected chi connectivity index (χ0v) is 10.5. The van der Waals surface area contributed by atoms with Crippen LogP contribution in [0.4, 0.5) is 0 Å². The zero-order chi connectivity index (χ0) is 11.6.